The van der Waals surface area contributed by atoms with E-state index in [0.29, 0.717) is 18.4 Å². The number of halogens is 1. The maximum absolute atomic E-state index is 13.3. The van der Waals surface area contributed by atoms with Crippen LogP contribution in [0.25, 0.3) is 0 Å². The fourth-order valence-corrected chi connectivity index (χ4v) is 2.94. The van der Waals surface area contributed by atoms with Gasteiger partial charge in [0.15, 0.2) is 0 Å². The first-order valence-corrected chi connectivity index (χ1v) is 6.99. The summed E-state index contributed by atoms with van der Waals surface area (Å²) in [6.45, 7) is 4.88. The smallest absolute Gasteiger partial charge is 0.124 e. The molecule has 0 radical (unpaired) electrons. The number of rotatable bonds is 3. The Hall–Kier alpha value is -1.91. The second-order valence-electron chi connectivity index (χ2n) is 5.34. The first kappa shape index (κ1) is 14.5. The third-order valence-corrected chi connectivity index (χ3v) is 4.08. The van der Waals surface area contributed by atoms with E-state index in [1.54, 1.807) is 6.07 Å². The Morgan fingerprint density at radius 1 is 1.30 bits per heavy atom. The predicted octanol–water partition coefficient (Wildman–Crippen LogP) is 2.96. The molecule has 2 rings (SSSR count). The van der Waals surface area contributed by atoms with E-state index in [1.165, 1.54) is 12.1 Å². The molecule has 0 unspecified atom stereocenters. The van der Waals surface area contributed by atoms with E-state index < -0.39 is 11.2 Å². The Morgan fingerprint density at radius 2 is 2.00 bits per heavy atom. The molecule has 0 spiro atoms. The van der Waals surface area contributed by atoms with Gasteiger partial charge in [-0.1, -0.05) is 13.0 Å². The van der Waals surface area contributed by atoms with E-state index in [1.807, 2.05) is 6.07 Å². The van der Waals surface area contributed by atoms with Crippen LogP contribution < -0.4 is 0 Å². The average Bonchev–Trinajstić information content (AvgIpc) is 2.48. The van der Waals surface area contributed by atoms with Crippen LogP contribution in [0.3, 0.4) is 0 Å². The van der Waals surface area contributed by atoms with Crippen molar-refractivity contribution in [3.63, 3.8) is 0 Å². The van der Waals surface area contributed by atoms with Crippen LogP contribution in [0.2, 0.25) is 0 Å². The van der Waals surface area contributed by atoms with Crippen LogP contribution in [0.4, 0.5) is 4.39 Å². The fraction of sp³-hybridized carbons (Fsp3) is 0.500. The minimum Gasteiger partial charge on any atom is -0.303 e. The number of nitriles is 2. The van der Waals surface area contributed by atoms with Gasteiger partial charge in [0.2, 0.25) is 0 Å². The molecule has 0 N–H and O–H groups in total. The lowest BCUT2D eigenvalue weighted by Crippen LogP contribution is -2.42. The van der Waals surface area contributed by atoms with Gasteiger partial charge in [-0.25, -0.2) is 4.39 Å². The molecule has 1 saturated heterocycles. The Kier molecular flexibility index (Phi) is 4.37. The molecule has 0 aromatic heterocycles. The minimum absolute atomic E-state index is 0.287. The molecule has 20 heavy (non-hydrogen) atoms. The van der Waals surface area contributed by atoms with E-state index in [4.69, 9.17) is 0 Å². The highest BCUT2D eigenvalue weighted by molar-refractivity contribution is 5.46. The largest absolute Gasteiger partial charge is 0.303 e. The van der Waals surface area contributed by atoms with Crippen molar-refractivity contribution < 1.29 is 4.39 Å². The zero-order valence-electron chi connectivity index (χ0n) is 11.7. The molecule has 1 fully saturated rings. The number of hydrogen-bond donors (Lipinski definition) is 0. The number of hydrogen-bond acceptors (Lipinski definition) is 3. The van der Waals surface area contributed by atoms with Crippen molar-refractivity contribution in [3.8, 4) is 12.1 Å². The first-order valence-electron chi connectivity index (χ1n) is 6.99. The lowest BCUT2D eigenvalue weighted by atomic mass is 9.72. The molecule has 0 saturated carbocycles. The maximum Gasteiger partial charge on any atom is 0.124 e. The molecule has 1 aliphatic heterocycles. The first-order chi connectivity index (χ1) is 9.65. The van der Waals surface area contributed by atoms with Gasteiger partial charge < -0.3 is 4.90 Å². The molecule has 1 aromatic rings. The second-order valence-corrected chi connectivity index (χ2v) is 5.34. The predicted molar refractivity (Wildman–Crippen MR) is 74.4 cm³/mol. The van der Waals surface area contributed by atoms with Crippen molar-refractivity contribution in [2.45, 2.75) is 31.6 Å². The van der Waals surface area contributed by atoms with Crippen LogP contribution in [0.5, 0.6) is 0 Å². The van der Waals surface area contributed by atoms with E-state index in [0.717, 1.165) is 26.1 Å². The van der Waals surface area contributed by atoms with Crippen LogP contribution in [0, 0.1) is 28.5 Å². The van der Waals surface area contributed by atoms with Crippen LogP contribution in [0.1, 0.15) is 37.3 Å². The van der Waals surface area contributed by atoms with Crippen molar-refractivity contribution >= 4 is 0 Å². The Labute approximate surface area is 119 Å². The summed E-state index contributed by atoms with van der Waals surface area (Å²) in [5.74, 6) is -0.429. The highest BCUT2D eigenvalue weighted by Crippen LogP contribution is 2.37. The summed E-state index contributed by atoms with van der Waals surface area (Å²) in [7, 11) is 0. The van der Waals surface area contributed by atoms with Crippen LogP contribution in [0.15, 0.2) is 18.2 Å². The second kappa shape index (κ2) is 6.03. The molecule has 3 nitrogen and oxygen atoms in total. The Balaban J connectivity index is 2.30. The van der Waals surface area contributed by atoms with Gasteiger partial charge in [0.25, 0.3) is 0 Å². The summed E-state index contributed by atoms with van der Waals surface area (Å²) in [6, 6.07) is 8.59. The quantitative estimate of drug-likeness (QED) is 0.849. The van der Waals surface area contributed by atoms with Gasteiger partial charge in [-0.3, -0.25) is 0 Å². The van der Waals surface area contributed by atoms with Gasteiger partial charge in [-0.05, 0) is 56.6 Å². The lowest BCUT2D eigenvalue weighted by molar-refractivity contribution is 0.186. The van der Waals surface area contributed by atoms with E-state index in [-0.39, 0.29) is 5.56 Å². The molecule has 1 heterocycles. The summed E-state index contributed by atoms with van der Waals surface area (Å²) in [4.78, 5) is 2.34. The molecular weight excluding hydrogens is 253 g/mol. The van der Waals surface area contributed by atoms with Crippen molar-refractivity contribution in [1.29, 1.82) is 10.5 Å². The molecular formula is C16H18FN3. The fourth-order valence-electron chi connectivity index (χ4n) is 2.94. The highest BCUT2D eigenvalue weighted by atomic mass is 19.1. The highest BCUT2D eigenvalue weighted by Gasteiger charge is 2.38. The van der Waals surface area contributed by atoms with Crippen molar-refractivity contribution in [2.75, 3.05) is 19.6 Å². The SMILES string of the molecule is CCCN1CCC(C#N)(c2ccc(F)cc2C#N)CC1. The molecule has 1 aromatic carbocycles. The zero-order valence-corrected chi connectivity index (χ0v) is 11.7. The van der Waals surface area contributed by atoms with Gasteiger partial charge in [0, 0.05) is 0 Å². The number of piperidine rings is 1. The van der Waals surface area contributed by atoms with E-state index in [2.05, 4.69) is 17.9 Å². The molecule has 0 aliphatic carbocycles. The van der Waals surface area contributed by atoms with Crippen molar-refractivity contribution in [3.05, 3.63) is 35.1 Å². The number of likely N-dealkylation sites (tertiary alicyclic amines) is 1. The van der Waals surface area contributed by atoms with E-state index in [9.17, 15) is 14.9 Å². The average molecular weight is 271 g/mol. The summed E-state index contributed by atoms with van der Waals surface area (Å²) in [6.07, 6.45) is 2.49. The van der Waals surface area contributed by atoms with Crippen LogP contribution in [-0.4, -0.2) is 24.5 Å². The van der Waals surface area contributed by atoms with Gasteiger partial charge in [-0.2, -0.15) is 10.5 Å². The van der Waals surface area contributed by atoms with Gasteiger partial charge in [-0.15, -0.1) is 0 Å². The molecule has 104 valence electrons. The normalized spacial score (nSPS) is 18.2. The standard InChI is InChI=1S/C16H18FN3/c1-2-7-20-8-5-16(12-19,6-9-20)15-4-3-14(17)10-13(15)11-18/h3-4,10H,2,5-9H2,1H3. The molecule has 4 heteroatoms. The Bertz CT molecular complexity index is 560. The molecule has 0 atom stereocenters. The third kappa shape index (κ3) is 2.66. The monoisotopic (exact) mass is 271 g/mol. The van der Waals surface area contributed by atoms with Gasteiger partial charge >= 0.3 is 0 Å². The van der Waals surface area contributed by atoms with Crippen LogP contribution in [-0.2, 0) is 5.41 Å². The van der Waals surface area contributed by atoms with Crippen LogP contribution >= 0.6 is 0 Å². The minimum atomic E-state index is -0.650. The molecule has 1 aliphatic rings. The molecule has 0 amide bonds. The summed E-state index contributed by atoms with van der Waals surface area (Å²) >= 11 is 0. The lowest BCUT2D eigenvalue weighted by Gasteiger charge is -2.37. The number of benzene rings is 1. The summed E-state index contributed by atoms with van der Waals surface area (Å²) < 4.78 is 13.3. The zero-order chi connectivity index (χ0) is 14.6. The third-order valence-electron chi connectivity index (χ3n) is 4.08. The molecule has 0 bridgehead atoms. The number of nitrogens with zero attached hydrogens (tertiary/aromatic N) is 3. The maximum atomic E-state index is 13.3. The van der Waals surface area contributed by atoms with Gasteiger partial charge in [0.1, 0.15) is 5.82 Å². The summed E-state index contributed by atoms with van der Waals surface area (Å²) in [5, 5.41) is 18.8. The van der Waals surface area contributed by atoms with E-state index >= 15 is 0 Å². The van der Waals surface area contributed by atoms with Gasteiger partial charge in [0.05, 0.1) is 23.1 Å². The summed E-state index contributed by atoms with van der Waals surface area (Å²) in [5.41, 5.74) is 0.318. The topological polar surface area (TPSA) is 50.8 Å². The van der Waals surface area contributed by atoms with Crippen molar-refractivity contribution in [2.24, 2.45) is 0 Å². The van der Waals surface area contributed by atoms with Crippen molar-refractivity contribution in [1.82, 2.24) is 4.90 Å². The Morgan fingerprint density at radius 3 is 2.55 bits per heavy atom.